The zero-order valence-corrected chi connectivity index (χ0v) is 14.5. The highest BCUT2D eigenvalue weighted by Gasteiger charge is 2.54. The molecule has 1 amide bonds. The molecule has 2 atom stereocenters. The Kier molecular flexibility index (Phi) is 4.63. The summed E-state index contributed by atoms with van der Waals surface area (Å²) in [5.74, 6) is -0.257. The zero-order chi connectivity index (χ0) is 16.5. The minimum atomic E-state index is -1.04. The van der Waals surface area contributed by atoms with E-state index in [1.807, 2.05) is 25.1 Å². The number of nitrogens with zero attached hydrogens (tertiary/aromatic N) is 2. The van der Waals surface area contributed by atoms with E-state index in [-0.39, 0.29) is 11.9 Å². The topological polar surface area (TPSA) is 70.9 Å². The van der Waals surface area contributed by atoms with Crippen molar-refractivity contribution < 1.29 is 4.79 Å². The van der Waals surface area contributed by atoms with Crippen LogP contribution >= 0.6 is 23.4 Å². The minimum absolute atomic E-state index is 0.203. The second kappa shape index (κ2) is 6.01. The van der Waals surface area contributed by atoms with E-state index in [0.717, 1.165) is 5.56 Å². The third-order valence-electron chi connectivity index (χ3n) is 4.02. The van der Waals surface area contributed by atoms with Crippen molar-refractivity contribution in [2.45, 2.75) is 44.0 Å². The molecule has 0 aliphatic carbocycles. The highest BCUT2D eigenvalue weighted by molar-refractivity contribution is 8.16. The summed E-state index contributed by atoms with van der Waals surface area (Å²) in [7, 11) is 0. The van der Waals surface area contributed by atoms with Crippen molar-refractivity contribution in [3.8, 4) is 0 Å². The molecule has 1 aromatic carbocycles. The highest BCUT2D eigenvalue weighted by Crippen LogP contribution is 2.43. The number of carbonyl (C=O) groups is 1. The molecular formula is C15H18ClN3O2S. The summed E-state index contributed by atoms with van der Waals surface area (Å²) in [6, 6.07) is 7.24. The molecule has 0 bridgehead atoms. The lowest BCUT2D eigenvalue weighted by Gasteiger charge is -2.30. The number of aliphatic imine (C=N–C) groups is 1. The Morgan fingerprint density at radius 2 is 2.00 bits per heavy atom. The van der Waals surface area contributed by atoms with E-state index in [4.69, 9.17) is 11.6 Å². The first-order valence-electron chi connectivity index (χ1n) is 6.88. The zero-order valence-electron chi connectivity index (χ0n) is 12.9. The molecule has 1 heterocycles. The number of amides is 1. The molecule has 1 N–H and O–H groups in total. The molecule has 0 unspecified atom stereocenters. The van der Waals surface area contributed by atoms with Crippen LogP contribution in [0.25, 0.3) is 0 Å². The molecule has 2 rings (SSSR count). The molecule has 5 nitrogen and oxygen atoms in total. The lowest BCUT2D eigenvalue weighted by Crippen LogP contribution is -2.49. The molecule has 0 saturated carbocycles. The lowest BCUT2D eigenvalue weighted by molar-refractivity contribution is -0.122. The van der Waals surface area contributed by atoms with Crippen molar-refractivity contribution in [2.75, 3.05) is 0 Å². The number of hydrogen-bond acceptors (Lipinski definition) is 5. The quantitative estimate of drug-likeness (QED) is 0.845. The first kappa shape index (κ1) is 17.0. The lowest BCUT2D eigenvalue weighted by atomic mass is 9.88. The van der Waals surface area contributed by atoms with Gasteiger partial charge in [-0.3, -0.25) is 9.79 Å². The summed E-state index contributed by atoms with van der Waals surface area (Å²) in [5.41, 5.74) is -0.153. The van der Waals surface area contributed by atoms with Crippen molar-refractivity contribution in [3.63, 3.8) is 0 Å². The van der Waals surface area contributed by atoms with Crippen LogP contribution in [0.3, 0.4) is 0 Å². The second-order valence-electron chi connectivity index (χ2n) is 5.87. The monoisotopic (exact) mass is 339 g/mol. The van der Waals surface area contributed by atoms with Gasteiger partial charge in [0.2, 0.25) is 5.91 Å². The number of nitroso groups, excluding NO2 is 1. The van der Waals surface area contributed by atoms with Gasteiger partial charge in [-0.25, -0.2) is 0 Å². The van der Waals surface area contributed by atoms with Crippen LogP contribution in [0.5, 0.6) is 0 Å². The van der Waals surface area contributed by atoms with Crippen LogP contribution in [0.2, 0.25) is 5.02 Å². The van der Waals surface area contributed by atoms with E-state index < -0.39 is 10.3 Å². The predicted octanol–water partition coefficient (Wildman–Crippen LogP) is 3.92. The number of carbonyl (C=O) groups excluding carboxylic acids is 1. The van der Waals surface area contributed by atoms with E-state index in [0.29, 0.717) is 10.2 Å². The van der Waals surface area contributed by atoms with E-state index in [1.54, 1.807) is 26.8 Å². The van der Waals surface area contributed by atoms with E-state index >= 15 is 0 Å². The Labute approximate surface area is 138 Å². The Morgan fingerprint density at radius 3 is 2.59 bits per heavy atom. The third kappa shape index (κ3) is 2.90. The smallest absolute Gasteiger partial charge is 0.244 e. The number of benzene rings is 1. The fourth-order valence-corrected chi connectivity index (χ4v) is 3.56. The summed E-state index contributed by atoms with van der Waals surface area (Å²) >= 11 is 7.40. The van der Waals surface area contributed by atoms with Crippen molar-refractivity contribution in [2.24, 2.45) is 10.2 Å². The van der Waals surface area contributed by atoms with Gasteiger partial charge in [-0.1, -0.05) is 46.7 Å². The van der Waals surface area contributed by atoms with Crippen molar-refractivity contribution >= 4 is 34.4 Å². The highest BCUT2D eigenvalue weighted by atomic mass is 35.5. The van der Waals surface area contributed by atoms with Crippen LogP contribution in [-0.2, 0) is 4.79 Å². The van der Waals surface area contributed by atoms with Crippen LogP contribution in [0.4, 0.5) is 0 Å². The summed E-state index contributed by atoms with van der Waals surface area (Å²) < 4.78 is -0.978. The number of nitrogens with one attached hydrogen (secondary N) is 1. The minimum Gasteiger partial charge on any atom is -0.304 e. The van der Waals surface area contributed by atoms with Crippen LogP contribution in [-0.4, -0.2) is 21.4 Å². The van der Waals surface area contributed by atoms with Crippen LogP contribution in [0, 0.1) is 4.91 Å². The molecule has 22 heavy (non-hydrogen) atoms. The summed E-state index contributed by atoms with van der Waals surface area (Å²) in [6.07, 6.45) is 0. The Morgan fingerprint density at radius 1 is 1.36 bits per heavy atom. The Balaban J connectivity index is 2.27. The second-order valence-corrected chi connectivity index (χ2v) is 7.69. The molecule has 0 aromatic heterocycles. The van der Waals surface area contributed by atoms with E-state index in [9.17, 15) is 9.70 Å². The molecule has 1 saturated heterocycles. The molecule has 1 aromatic rings. The molecule has 1 aliphatic heterocycles. The summed E-state index contributed by atoms with van der Waals surface area (Å²) in [4.78, 5) is 27.8. The van der Waals surface area contributed by atoms with Crippen LogP contribution in [0.15, 0.2) is 34.4 Å². The van der Waals surface area contributed by atoms with Gasteiger partial charge in [0.25, 0.3) is 0 Å². The molecule has 0 spiro atoms. The fourth-order valence-electron chi connectivity index (χ4n) is 2.09. The van der Waals surface area contributed by atoms with Crippen molar-refractivity contribution in [1.82, 2.24) is 5.32 Å². The maximum Gasteiger partial charge on any atom is 0.244 e. The molecule has 7 heteroatoms. The Hall–Kier alpha value is -1.40. The SMILES string of the molecule is C[C@H](N=C1NC(=O)[C@](C)(C(C)(C)N=O)S1)c1ccccc1Cl. The number of rotatable bonds is 4. The largest absolute Gasteiger partial charge is 0.304 e. The number of hydrogen-bond donors (Lipinski definition) is 1. The average Bonchev–Trinajstić information content (AvgIpc) is 2.75. The van der Waals surface area contributed by atoms with Gasteiger partial charge in [-0.15, -0.1) is 0 Å². The van der Waals surface area contributed by atoms with Gasteiger partial charge < -0.3 is 5.32 Å². The maximum atomic E-state index is 12.3. The molecule has 118 valence electrons. The standard InChI is InChI=1S/C15H18ClN3O2S/c1-9(10-7-5-6-8-11(10)16)17-13-18-12(20)15(4,22-13)14(2,3)19-21/h5-9H,1-4H3,(H,17,18,20)/t9-,15+/m0/s1. The molecule has 0 radical (unpaired) electrons. The molecular weight excluding hydrogens is 322 g/mol. The first-order chi connectivity index (χ1) is 10.2. The normalized spacial score (nSPS) is 25.1. The van der Waals surface area contributed by atoms with Gasteiger partial charge in [-0.2, -0.15) is 4.91 Å². The van der Waals surface area contributed by atoms with Gasteiger partial charge in [0, 0.05) is 5.02 Å². The van der Waals surface area contributed by atoms with Gasteiger partial charge in [-0.05, 0) is 39.3 Å². The van der Waals surface area contributed by atoms with Gasteiger partial charge in [0.05, 0.1) is 6.04 Å². The van der Waals surface area contributed by atoms with Gasteiger partial charge in [0.15, 0.2) is 5.17 Å². The average molecular weight is 340 g/mol. The predicted molar refractivity (Wildman–Crippen MR) is 91.3 cm³/mol. The summed E-state index contributed by atoms with van der Waals surface area (Å²) in [5, 5.41) is 6.95. The number of halogens is 1. The van der Waals surface area contributed by atoms with Gasteiger partial charge >= 0.3 is 0 Å². The first-order valence-corrected chi connectivity index (χ1v) is 8.08. The van der Waals surface area contributed by atoms with E-state index in [1.165, 1.54) is 11.8 Å². The fraction of sp³-hybridized carbons (Fsp3) is 0.467. The number of thioether (sulfide) groups is 1. The molecule has 1 fully saturated rings. The van der Waals surface area contributed by atoms with Crippen molar-refractivity contribution in [1.29, 1.82) is 0 Å². The molecule has 1 aliphatic rings. The summed E-state index contributed by atoms with van der Waals surface area (Å²) in [6.45, 7) is 6.90. The van der Waals surface area contributed by atoms with Gasteiger partial charge in [0.1, 0.15) is 10.3 Å². The third-order valence-corrected chi connectivity index (χ3v) is 5.85. The van der Waals surface area contributed by atoms with Crippen molar-refractivity contribution in [3.05, 3.63) is 39.8 Å². The van der Waals surface area contributed by atoms with E-state index in [2.05, 4.69) is 15.5 Å². The van der Waals surface area contributed by atoms with Crippen LogP contribution < -0.4 is 5.32 Å². The van der Waals surface area contributed by atoms with Crippen LogP contribution in [0.1, 0.15) is 39.3 Å². The Bertz CT molecular complexity index is 647. The number of amidine groups is 1. The maximum absolute atomic E-state index is 12.3.